The Kier molecular flexibility index (Phi) is 3.93. The van der Waals surface area contributed by atoms with Gasteiger partial charge < -0.3 is 5.32 Å². The van der Waals surface area contributed by atoms with Gasteiger partial charge in [-0.2, -0.15) is 0 Å². The fourth-order valence-electron chi connectivity index (χ4n) is 1.44. The van der Waals surface area contributed by atoms with E-state index in [1.807, 2.05) is 11.4 Å². The largest absolute Gasteiger partial charge is 0.375 e. The number of benzene rings is 1. The van der Waals surface area contributed by atoms with E-state index in [2.05, 4.69) is 21.2 Å². The number of nitro benzene ring substituents is 1. The molecule has 0 fully saturated rings. The van der Waals surface area contributed by atoms with Gasteiger partial charge in [0.2, 0.25) is 0 Å². The monoisotopic (exact) mass is 330 g/mol. The Hall–Kier alpha value is -1.47. The third-order valence-electron chi connectivity index (χ3n) is 2.26. The number of rotatable bonds is 4. The number of nitrogens with one attached hydrogen (secondary N) is 1. The van der Waals surface area contributed by atoms with Crippen molar-refractivity contribution < 1.29 is 9.31 Å². The molecule has 18 heavy (non-hydrogen) atoms. The van der Waals surface area contributed by atoms with Gasteiger partial charge in [-0.1, -0.05) is 0 Å². The number of anilines is 1. The van der Waals surface area contributed by atoms with Crippen LogP contribution >= 0.6 is 27.3 Å². The molecule has 0 saturated carbocycles. The minimum absolute atomic E-state index is 0.260. The summed E-state index contributed by atoms with van der Waals surface area (Å²) < 4.78 is 13.9. The zero-order chi connectivity index (χ0) is 13.1. The SMILES string of the molecule is O=[N+]([O-])c1cc(F)ccc1NCc1csc(Br)c1. The Labute approximate surface area is 115 Å². The second-order valence-electron chi connectivity index (χ2n) is 3.53. The molecule has 4 nitrogen and oxygen atoms in total. The molecule has 0 bridgehead atoms. The number of nitrogens with zero attached hydrogens (tertiary/aromatic N) is 1. The molecule has 0 spiro atoms. The third kappa shape index (κ3) is 3.05. The van der Waals surface area contributed by atoms with E-state index in [9.17, 15) is 14.5 Å². The molecule has 0 radical (unpaired) electrons. The summed E-state index contributed by atoms with van der Waals surface area (Å²) in [7, 11) is 0. The molecule has 2 rings (SSSR count). The Bertz CT molecular complexity index is 588. The van der Waals surface area contributed by atoms with Gasteiger partial charge in [-0.05, 0) is 45.1 Å². The molecule has 0 amide bonds. The quantitative estimate of drug-likeness (QED) is 0.676. The fraction of sp³-hybridized carbons (Fsp3) is 0.0909. The van der Waals surface area contributed by atoms with Crippen molar-refractivity contribution in [1.29, 1.82) is 0 Å². The highest BCUT2D eigenvalue weighted by Gasteiger charge is 2.14. The molecule has 0 saturated heterocycles. The van der Waals surface area contributed by atoms with Crippen LogP contribution in [0, 0.1) is 15.9 Å². The zero-order valence-corrected chi connectivity index (χ0v) is 11.4. The predicted molar refractivity (Wildman–Crippen MR) is 72.4 cm³/mol. The molecule has 1 heterocycles. The molecule has 0 aliphatic carbocycles. The van der Waals surface area contributed by atoms with Crippen LogP contribution in [0.15, 0.2) is 33.4 Å². The van der Waals surface area contributed by atoms with Crippen molar-refractivity contribution in [2.75, 3.05) is 5.32 Å². The third-order valence-corrected chi connectivity index (χ3v) is 3.81. The summed E-state index contributed by atoms with van der Waals surface area (Å²) >= 11 is 4.87. The van der Waals surface area contributed by atoms with Gasteiger partial charge in [0.15, 0.2) is 0 Å². The van der Waals surface area contributed by atoms with Crippen molar-refractivity contribution >= 4 is 38.6 Å². The van der Waals surface area contributed by atoms with Crippen molar-refractivity contribution in [1.82, 2.24) is 0 Å². The summed E-state index contributed by atoms with van der Waals surface area (Å²) in [5, 5.41) is 15.6. The summed E-state index contributed by atoms with van der Waals surface area (Å²) in [6, 6.07) is 5.40. The maximum Gasteiger partial charge on any atom is 0.295 e. The van der Waals surface area contributed by atoms with Crippen LogP contribution < -0.4 is 5.32 Å². The van der Waals surface area contributed by atoms with E-state index in [1.54, 1.807) is 0 Å². The van der Waals surface area contributed by atoms with Crippen LogP contribution in [0.25, 0.3) is 0 Å². The number of hydrogen-bond donors (Lipinski definition) is 1. The lowest BCUT2D eigenvalue weighted by atomic mass is 10.2. The fourth-order valence-corrected chi connectivity index (χ4v) is 2.65. The topological polar surface area (TPSA) is 55.2 Å². The Morgan fingerprint density at radius 3 is 2.83 bits per heavy atom. The van der Waals surface area contributed by atoms with Crippen LogP contribution in [-0.4, -0.2) is 4.92 Å². The molecular weight excluding hydrogens is 323 g/mol. The normalized spacial score (nSPS) is 10.3. The van der Waals surface area contributed by atoms with Crippen molar-refractivity contribution in [3.05, 3.63) is 54.9 Å². The smallest absolute Gasteiger partial charge is 0.295 e. The van der Waals surface area contributed by atoms with Crippen molar-refractivity contribution in [3.63, 3.8) is 0 Å². The van der Waals surface area contributed by atoms with Crippen LogP contribution in [0.3, 0.4) is 0 Å². The number of hydrogen-bond acceptors (Lipinski definition) is 4. The first-order valence-electron chi connectivity index (χ1n) is 4.97. The van der Waals surface area contributed by atoms with E-state index >= 15 is 0 Å². The lowest BCUT2D eigenvalue weighted by molar-refractivity contribution is -0.384. The van der Waals surface area contributed by atoms with Crippen LogP contribution in [0.5, 0.6) is 0 Å². The number of nitro groups is 1. The average Bonchev–Trinajstić information content (AvgIpc) is 2.73. The van der Waals surface area contributed by atoms with E-state index in [0.29, 0.717) is 12.2 Å². The first kappa shape index (κ1) is 13.0. The van der Waals surface area contributed by atoms with Gasteiger partial charge in [0, 0.05) is 6.54 Å². The van der Waals surface area contributed by atoms with E-state index < -0.39 is 10.7 Å². The van der Waals surface area contributed by atoms with Crippen LogP contribution in [0.2, 0.25) is 0 Å². The highest BCUT2D eigenvalue weighted by atomic mass is 79.9. The van der Waals surface area contributed by atoms with Gasteiger partial charge in [-0.25, -0.2) is 4.39 Å². The minimum Gasteiger partial charge on any atom is -0.375 e. The van der Waals surface area contributed by atoms with E-state index in [4.69, 9.17) is 0 Å². The number of thiophene rings is 1. The lowest BCUT2D eigenvalue weighted by Crippen LogP contribution is -2.02. The van der Waals surface area contributed by atoms with E-state index in [-0.39, 0.29) is 5.69 Å². The molecule has 94 valence electrons. The molecule has 1 N–H and O–H groups in total. The van der Waals surface area contributed by atoms with Crippen molar-refractivity contribution in [2.45, 2.75) is 6.54 Å². The summed E-state index contributed by atoms with van der Waals surface area (Å²) in [5.41, 5.74) is 1.05. The molecule has 0 unspecified atom stereocenters. The van der Waals surface area contributed by atoms with E-state index in [1.165, 1.54) is 23.5 Å². The molecule has 0 aliphatic rings. The summed E-state index contributed by atoms with van der Waals surface area (Å²) in [5.74, 6) is -0.620. The van der Waals surface area contributed by atoms with Crippen LogP contribution in [0.1, 0.15) is 5.56 Å². The highest BCUT2D eigenvalue weighted by molar-refractivity contribution is 9.11. The summed E-state index contributed by atoms with van der Waals surface area (Å²) in [4.78, 5) is 10.2. The minimum atomic E-state index is -0.620. The summed E-state index contributed by atoms with van der Waals surface area (Å²) in [6.45, 7) is 0.453. The maximum absolute atomic E-state index is 12.9. The van der Waals surface area contributed by atoms with Crippen molar-refractivity contribution in [3.8, 4) is 0 Å². The zero-order valence-electron chi connectivity index (χ0n) is 9.02. The first-order valence-corrected chi connectivity index (χ1v) is 6.64. The maximum atomic E-state index is 12.9. The van der Waals surface area contributed by atoms with Gasteiger partial charge in [-0.15, -0.1) is 11.3 Å². The summed E-state index contributed by atoms with van der Waals surface area (Å²) in [6.07, 6.45) is 0. The predicted octanol–water partition coefficient (Wildman–Crippen LogP) is 4.17. The van der Waals surface area contributed by atoms with Gasteiger partial charge in [0.1, 0.15) is 11.5 Å². The average molecular weight is 331 g/mol. The van der Waals surface area contributed by atoms with Gasteiger partial charge in [-0.3, -0.25) is 10.1 Å². The second kappa shape index (κ2) is 5.45. The van der Waals surface area contributed by atoms with Crippen LogP contribution in [0.4, 0.5) is 15.8 Å². The molecule has 0 aliphatic heterocycles. The molecule has 0 atom stereocenters. The molecule has 7 heteroatoms. The molecular formula is C11H8BrFN2O2S. The lowest BCUT2D eigenvalue weighted by Gasteiger charge is -2.05. The highest BCUT2D eigenvalue weighted by Crippen LogP contribution is 2.26. The van der Waals surface area contributed by atoms with Gasteiger partial charge >= 0.3 is 0 Å². The number of halogens is 2. The molecule has 2 aromatic rings. The Morgan fingerprint density at radius 1 is 1.44 bits per heavy atom. The Balaban J connectivity index is 2.16. The second-order valence-corrected chi connectivity index (χ2v) is 5.82. The molecule has 1 aromatic carbocycles. The van der Waals surface area contributed by atoms with Crippen molar-refractivity contribution in [2.24, 2.45) is 0 Å². The van der Waals surface area contributed by atoms with Gasteiger partial charge in [0.05, 0.1) is 14.8 Å². The standard InChI is InChI=1S/C11H8BrFN2O2S/c12-11-3-7(6-18-11)5-14-9-2-1-8(13)4-10(9)15(16)17/h1-4,6,14H,5H2. The van der Waals surface area contributed by atoms with Crippen LogP contribution in [-0.2, 0) is 6.54 Å². The molecule has 1 aromatic heterocycles. The van der Waals surface area contributed by atoms with Gasteiger partial charge in [0.25, 0.3) is 5.69 Å². The Morgan fingerprint density at radius 2 is 2.22 bits per heavy atom. The first-order chi connectivity index (χ1) is 8.56. The van der Waals surface area contributed by atoms with E-state index in [0.717, 1.165) is 15.4 Å².